The Kier molecular flexibility index (Phi) is 3.85. The van der Waals surface area contributed by atoms with Gasteiger partial charge >= 0.3 is 6.03 Å². The first-order chi connectivity index (χ1) is 11.3. The number of anilines is 1. The molecule has 2 amide bonds. The van der Waals surface area contributed by atoms with Crippen LogP contribution in [-0.2, 0) is 0 Å². The predicted molar refractivity (Wildman–Crippen MR) is 94.2 cm³/mol. The lowest BCUT2D eigenvalue weighted by molar-refractivity contribution is 0.169. The number of carbonyl (C=O) groups is 1. The number of thiazole rings is 1. The Morgan fingerprint density at radius 1 is 1.17 bits per heavy atom. The number of carbonyl (C=O) groups excluding carboxylic acids is 1. The molecule has 6 heteroatoms. The van der Waals surface area contributed by atoms with Gasteiger partial charge in [0.25, 0.3) is 0 Å². The number of hydrogen-bond donors (Lipinski definition) is 0. The molecule has 0 aliphatic carbocycles. The van der Waals surface area contributed by atoms with E-state index in [9.17, 15) is 4.79 Å². The first-order valence-electron chi connectivity index (χ1n) is 8.42. The molecule has 0 unspecified atom stereocenters. The third kappa shape index (κ3) is 2.65. The van der Waals surface area contributed by atoms with Crippen LogP contribution in [0.15, 0.2) is 24.3 Å². The minimum Gasteiger partial charge on any atom is -0.348 e. The Hall–Kier alpha value is -1.82. The molecule has 2 aromatic rings. The van der Waals surface area contributed by atoms with Gasteiger partial charge in [0.2, 0.25) is 0 Å². The fourth-order valence-electron chi connectivity index (χ4n) is 3.60. The van der Waals surface area contributed by atoms with Crippen LogP contribution in [-0.4, -0.2) is 59.6 Å². The number of fused-ring (bicyclic) bond motifs is 1. The van der Waals surface area contributed by atoms with Gasteiger partial charge in [-0.05, 0) is 31.9 Å². The normalized spacial score (nSPS) is 20.0. The monoisotopic (exact) mass is 330 g/mol. The second kappa shape index (κ2) is 6.00. The highest BCUT2D eigenvalue weighted by atomic mass is 32.1. The number of aromatic nitrogens is 1. The van der Waals surface area contributed by atoms with E-state index in [1.54, 1.807) is 11.3 Å². The molecule has 0 atom stereocenters. The maximum atomic E-state index is 12.3. The maximum absolute atomic E-state index is 12.3. The van der Waals surface area contributed by atoms with Crippen LogP contribution in [0.2, 0.25) is 0 Å². The van der Waals surface area contributed by atoms with Gasteiger partial charge in [-0.1, -0.05) is 23.5 Å². The summed E-state index contributed by atoms with van der Waals surface area (Å²) in [7, 11) is 0. The molecule has 0 N–H and O–H groups in total. The molecular formula is C17H22N4OS. The molecule has 1 aromatic heterocycles. The molecule has 0 saturated carbocycles. The standard InChI is InChI=1S/C17H22N4OS/c1-2-19-11-12-21(17(19)22)13-7-9-20(10-8-13)16-18-14-5-3-4-6-15(14)23-16/h3-6,13H,2,7-12H2,1H3. The van der Waals surface area contributed by atoms with Crippen LogP contribution in [0.25, 0.3) is 10.2 Å². The summed E-state index contributed by atoms with van der Waals surface area (Å²) < 4.78 is 1.25. The molecule has 4 rings (SSSR count). The summed E-state index contributed by atoms with van der Waals surface area (Å²) in [5.74, 6) is 0. The van der Waals surface area contributed by atoms with Gasteiger partial charge in [0.15, 0.2) is 5.13 Å². The summed E-state index contributed by atoms with van der Waals surface area (Å²) >= 11 is 1.77. The molecular weight excluding hydrogens is 308 g/mol. The van der Waals surface area contributed by atoms with Gasteiger partial charge in [0.05, 0.1) is 10.2 Å². The van der Waals surface area contributed by atoms with Gasteiger partial charge < -0.3 is 14.7 Å². The fourth-order valence-corrected chi connectivity index (χ4v) is 4.61. The number of para-hydroxylation sites is 1. The number of rotatable bonds is 3. The lowest BCUT2D eigenvalue weighted by Crippen LogP contribution is -2.46. The van der Waals surface area contributed by atoms with E-state index in [1.807, 2.05) is 11.0 Å². The lowest BCUT2D eigenvalue weighted by atomic mass is 10.0. The molecule has 122 valence electrons. The molecule has 2 aliphatic heterocycles. The van der Waals surface area contributed by atoms with Gasteiger partial charge in [0, 0.05) is 38.8 Å². The van der Waals surface area contributed by atoms with Gasteiger partial charge in [-0.2, -0.15) is 0 Å². The molecule has 1 aromatic carbocycles. The van der Waals surface area contributed by atoms with E-state index in [0.29, 0.717) is 6.04 Å². The predicted octanol–water partition coefficient (Wildman–Crippen LogP) is 3.02. The zero-order valence-electron chi connectivity index (χ0n) is 13.4. The Bertz CT molecular complexity index is 674. The summed E-state index contributed by atoms with van der Waals surface area (Å²) in [6.45, 7) is 6.61. The molecule has 2 saturated heterocycles. The Labute approximate surface area is 140 Å². The van der Waals surface area contributed by atoms with Gasteiger partial charge in [-0.25, -0.2) is 9.78 Å². The Balaban J connectivity index is 1.42. The SMILES string of the molecule is CCN1CCN(C2CCN(c3nc4ccccc4s3)CC2)C1=O. The van der Waals surface area contributed by atoms with Crippen molar-refractivity contribution >= 4 is 32.7 Å². The maximum Gasteiger partial charge on any atom is 0.320 e. The van der Waals surface area contributed by atoms with Gasteiger partial charge in [-0.3, -0.25) is 0 Å². The van der Waals surface area contributed by atoms with Crippen LogP contribution in [0.1, 0.15) is 19.8 Å². The smallest absolute Gasteiger partial charge is 0.320 e. The Morgan fingerprint density at radius 2 is 1.96 bits per heavy atom. The number of hydrogen-bond acceptors (Lipinski definition) is 4. The van der Waals surface area contributed by atoms with Crippen LogP contribution in [0, 0.1) is 0 Å². The number of nitrogens with zero attached hydrogens (tertiary/aromatic N) is 4. The van der Waals surface area contributed by atoms with Crippen molar-refractivity contribution < 1.29 is 4.79 Å². The highest BCUT2D eigenvalue weighted by Gasteiger charge is 2.34. The van der Waals surface area contributed by atoms with E-state index >= 15 is 0 Å². The number of benzene rings is 1. The van der Waals surface area contributed by atoms with Crippen LogP contribution < -0.4 is 4.90 Å². The van der Waals surface area contributed by atoms with Crippen molar-refractivity contribution in [2.45, 2.75) is 25.8 Å². The van der Waals surface area contributed by atoms with E-state index in [4.69, 9.17) is 4.98 Å². The minimum absolute atomic E-state index is 0.228. The zero-order chi connectivity index (χ0) is 15.8. The number of piperidine rings is 1. The third-order valence-corrected chi connectivity index (χ3v) is 6.06. The lowest BCUT2D eigenvalue weighted by Gasteiger charge is -2.36. The van der Waals surface area contributed by atoms with E-state index in [0.717, 1.165) is 56.2 Å². The van der Waals surface area contributed by atoms with E-state index in [2.05, 4.69) is 34.9 Å². The van der Waals surface area contributed by atoms with E-state index in [-0.39, 0.29) is 6.03 Å². The summed E-state index contributed by atoms with van der Waals surface area (Å²) in [6, 6.07) is 8.93. The minimum atomic E-state index is 0.228. The van der Waals surface area contributed by atoms with Crippen molar-refractivity contribution in [3.63, 3.8) is 0 Å². The molecule has 0 spiro atoms. The zero-order valence-corrected chi connectivity index (χ0v) is 14.3. The molecule has 0 bridgehead atoms. The molecule has 0 radical (unpaired) electrons. The highest BCUT2D eigenvalue weighted by Crippen LogP contribution is 2.31. The van der Waals surface area contributed by atoms with Crippen LogP contribution in [0.3, 0.4) is 0 Å². The van der Waals surface area contributed by atoms with Gasteiger partial charge in [-0.15, -0.1) is 0 Å². The first kappa shape index (κ1) is 14.8. The average molecular weight is 330 g/mol. The number of amides is 2. The van der Waals surface area contributed by atoms with Gasteiger partial charge in [0.1, 0.15) is 0 Å². The summed E-state index contributed by atoms with van der Waals surface area (Å²) in [4.78, 5) is 23.5. The quantitative estimate of drug-likeness (QED) is 0.868. The topological polar surface area (TPSA) is 39.7 Å². The van der Waals surface area contributed by atoms with E-state index < -0.39 is 0 Å². The van der Waals surface area contributed by atoms with Crippen molar-refractivity contribution in [3.8, 4) is 0 Å². The third-order valence-electron chi connectivity index (χ3n) is 4.97. The van der Waals surface area contributed by atoms with E-state index in [1.165, 1.54) is 4.70 Å². The summed E-state index contributed by atoms with van der Waals surface area (Å²) in [5.41, 5.74) is 1.09. The number of urea groups is 1. The van der Waals surface area contributed by atoms with Crippen LogP contribution in [0.5, 0.6) is 0 Å². The molecule has 2 fully saturated rings. The van der Waals surface area contributed by atoms with Crippen molar-refractivity contribution in [1.29, 1.82) is 0 Å². The molecule has 5 nitrogen and oxygen atoms in total. The van der Waals surface area contributed by atoms with Crippen molar-refractivity contribution in [3.05, 3.63) is 24.3 Å². The van der Waals surface area contributed by atoms with Crippen molar-refractivity contribution in [2.75, 3.05) is 37.6 Å². The van der Waals surface area contributed by atoms with Crippen LogP contribution >= 0.6 is 11.3 Å². The fraction of sp³-hybridized carbons (Fsp3) is 0.529. The largest absolute Gasteiger partial charge is 0.348 e. The summed E-state index contributed by atoms with van der Waals surface area (Å²) in [5, 5.41) is 1.12. The molecule has 23 heavy (non-hydrogen) atoms. The van der Waals surface area contributed by atoms with Crippen molar-refractivity contribution in [1.82, 2.24) is 14.8 Å². The second-order valence-electron chi connectivity index (χ2n) is 6.24. The molecule has 2 aliphatic rings. The summed E-state index contributed by atoms with van der Waals surface area (Å²) in [6.07, 6.45) is 2.08. The van der Waals surface area contributed by atoms with Crippen molar-refractivity contribution in [2.24, 2.45) is 0 Å². The Morgan fingerprint density at radius 3 is 2.65 bits per heavy atom. The second-order valence-corrected chi connectivity index (χ2v) is 7.25. The molecule has 3 heterocycles. The van der Waals surface area contributed by atoms with Crippen LogP contribution in [0.4, 0.5) is 9.93 Å². The number of likely N-dealkylation sites (N-methyl/N-ethyl adjacent to an activating group) is 1. The highest BCUT2D eigenvalue weighted by molar-refractivity contribution is 7.22. The average Bonchev–Trinajstić information content (AvgIpc) is 3.18. The first-order valence-corrected chi connectivity index (χ1v) is 9.24.